The van der Waals surface area contributed by atoms with E-state index in [2.05, 4.69) is 5.32 Å². The van der Waals surface area contributed by atoms with Crippen molar-refractivity contribution >= 4 is 21.6 Å². The van der Waals surface area contributed by atoms with Gasteiger partial charge >= 0.3 is 0 Å². The van der Waals surface area contributed by atoms with Crippen molar-refractivity contribution in [3.63, 3.8) is 0 Å². The highest BCUT2D eigenvalue weighted by atomic mass is 32.2. The molecule has 0 radical (unpaired) electrons. The summed E-state index contributed by atoms with van der Waals surface area (Å²) in [7, 11) is -2.27. The van der Waals surface area contributed by atoms with Gasteiger partial charge in [0.05, 0.1) is 24.2 Å². The molecule has 0 fully saturated rings. The number of ether oxygens (including phenoxy) is 2. The molecule has 3 aromatic carbocycles. The molecular weight excluding hydrogens is 440 g/mol. The molecule has 0 aliphatic carbocycles. The summed E-state index contributed by atoms with van der Waals surface area (Å²) in [5, 5.41) is 2.74. The first-order valence-corrected chi connectivity index (χ1v) is 12.2. The smallest absolute Gasteiger partial charge is 0.265 e. The lowest BCUT2D eigenvalue weighted by Gasteiger charge is -2.32. The van der Waals surface area contributed by atoms with Gasteiger partial charge in [-0.05, 0) is 54.4 Å². The van der Waals surface area contributed by atoms with Crippen molar-refractivity contribution in [1.29, 1.82) is 0 Å². The second kappa shape index (κ2) is 9.54. The number of carbonyl (C=O) groups is 1. The predicted octanol–water partition coefficient (Wildman–Crippen LogP) is 3.63. The van der Waals surface area contributed by atoms with Crippen molar-refractivity contribution in [2.45, 2.75) is 18.2 Å². The van der Waals surface area contributed by atoms with Gasteiger partial charge in [0.25, 0.3) is 10.0 Å². The van der Waals surface area contributed by atoms with E-state index in [1.807, 2.05) is 25.1 Å². The second-order valence-corrected chi connectivity index (χ2v) is 9.42. The summed E-state index contributed by atoms with van der Waals surface area (Å²) in [6.07, 6.45) is 0.830. The molecule has 1 amide bonds. The van der Waals surface area contributed by atoms with Crippen LogP contribution in [0.4, 0.5) is 5.69 Å². The first-order valence-electron chi connectivity index (χ1n) is 10.7. The van der Waals surface area contributed by atoms with Crippen LogP contribution in [0, 0.1) is 0 Å². The third-order valence-electron chi connectivity index (χ3n) is 5.52. The van der Waals surface area contributed by atoms with Gasteiger partial charge in [-0.15, -0.1) is 0 Å². The van der Waals surface area contributed by atoms with E-state index in [4.69, 9.17) is 9.47 Å². The summed E-state index contributed by atoms with van der Waals surface area (Å²) >= 11 is 0. The van der Waals surface area contributed by atoms with Crippen molar-refractivity contribution in [2.75, 3.05) is 31.1 Å². The minimum Gasteiger partial charge on any atom is -0.497 e. The van der Waals surface area contributed by atoms with E-state index in [1.54, 1.807) is 55.6 Å². The van der Waals surface area contributed by atoms with Crippen molar-refractivity contribution in [3.05, 3.63) is 72.3 Å². The third kappa shape index (κ3) is 4.66. The van der Waals surface area contributed by atoms with Crippen LogP contribution < -0.4 is 19.1 Å². The number of anilines is 1. The van der Waals surface area contributed by atoms with Crippen LogP contribution in [0.3, 0.4) is 0 Å². The average Bonchev–Trinajstić information content (AvgIpc) is 2.84. The Morgan fingerprint density at radius 1 is 0.970 bits per heavy atom. The molecule has 172 valence electrons. The minimum atomic E-state index is -3.86. The van der Waals surface area contributed by atoms with E-state index >= 15 is 0 Å². The monoisotopic (exact) mass is 466 g/mol. The lowest BCUT2D eigenvalue weighted by Crippen LogP contribution is -2.43. The maximum Gasteiger partial charge on any atom is 0.265 e. The number of nitrogens with zero attached hydrogens (tertiary/aromatic N) is 1. The average molecular weight is 467 g/mol. The van der Waals surface area contributed by atoms with Crippen LogP contribution in [0.2, 0.25) is 0 Å². The normalized spacial score (nSPS) is 13.6. The van der Waals surface area contributed by atoms with Crippen LogP contribution >= 0.6 is 0 Å². The van der Waals surface area contributed by atoms with E-state index in [0.29, 0.717) is 17.0 Å². The SMILES string of the molecule is CCc1ccc2c(c1)-c1ccccc1S(=O)(=O)N2CC(=O)NCCOc1ccc(OC)cc1. The Labute approximate surface area is 194 Å². The molecule has 3 aromatic rings. The second-order valence-electron chi connectivity index (χ2n) is 7.59. The number of methoxy groups -OCH3 is 1. The predicted molar refractivity (Wildman–Crippen MR) is 127 cm³/mol. The fourth-order valence-electron chi connectivity index (χ4n) is 3.79. The van der Waals surface area contributed by atoms with Gasteiger partial charge in [0.2, 0.25) is 5.91 Å². The quantitative estimate of drug-likeness (QED) is 0.513. The van der Waals surface area contributed by atoms with Crippen molar-refractivity contribution in [3.8, 4) is 22.6 Å². The molecule has 33 heavy (non-hydrogen) atoms. The Hall–Kier alpha value is -3.52. The number of amides is 1. The molecule has 0 atom stereocenters. The summed E-state index contributed by atoms with van der Waals surface area (Å²) in [6, 6.07) is 19.7. The van der Waals surface area contributed by atoms with Gasteiger partial charge in [0.1, 0.15) is 24.7 Å². The van der Waals surface area contributed by atoms with Crippen LogP contribution in [0.25, 0.3) is 11.1 Å². The zero-order valence-corrected chi connectivity index (χ0v) is 19.4. The number of nitrogens with one attached hydrogen (secondary N) is 1. The molecule has 0 unspecified atom stereocenters. The number of aryl methyl sites for hydroxylation is 1. The van der Waals surface area contributed by atoms with Crippen molar-refractivity contribution in [2.24, 2.45) is 0 Å². The Balaban J connectivity index is 1.46. The van der Waals surface area contributed by atoms with Crippen LogP contribution in [0.15, 0.2) is 71.6 Å². The zero-order valence-electron chi connectivity index (χ0n) is 18.6. The van der Waals surface area contributed by atoms with Gasteiger partial charge < -0.3 is 14.8 Å². The van der Waals surface area contributed by atoms with Crippen LogP contribution in [-0.4, -0.2) is 41.1 Å². The number of hydrogen-bond donors (Lipinski definition) is 1. The third-order valence-corrected chi connectivity index (χ3v) is 7.34. The highest BCUT2D eigenvalue weighted by Gasteiger charge is 2.35. The fraction of sp³-hybridized carbons (Fsp3) is 0.240. The summed E-state index contributed by atoms with van der Waals surface area (Å²) in [4.78, 5) is 12.9. The molecular formula is C25H26N2O5S. The molecule has 1 aliphatic rings. The molecule has 0 bridgehead atoms. The Kier molecular flexibility index (Phi) is 6.55. The maximum absolute atomic E-state index is 13.3. The standard InChI is InChI=1S/C25H26N2O5S/c1-3-18-8-13-23-22(16-18)21-6-4-5-7-24(21)33(29,30)27(23)17-25(28)26-14-15-32-20-11-9-19(31-2)10-12-20/h4-13,16H,3,14-15,17H2,1-2H3,(H,26,28). The number of sulfonamides is 1. The van der Waals surface area contributed by atoms with E-state index in [9.17, 15) is 13.2 Å². The van der Waals surface area contributed by atoms with Gasteiger partial charge in [-0.3, -0.25) is 9.10 Å². The van der Waals surface area contributed by atoms with Crippen LogP contribution in [0.1, 0.15) is 12.5 Å². The summed E-state index contributed by atoms with van der Waals surface area (Å²) in [5.41, 5.74) is 3.08. The summed E-state index contributed by atoms with van der Waals surface area (Å²) in [5.74, 6) is 0.981. The first-order chi connectivity index (χ1) is 15.9. The van der Waals surface area contributed by atoms with Crippen molar-refractivity contribution < 1.29 is 22.7 Å². The largest absolute Gasteiger partial charge is 0.497 e. The number of hydrogen-bond acceptors (Lipinski definition) is 5. The van der Waals surface area contributed by atoms with Crippen LogP contribution in [-0.2, 0) is 21.2 Å². The summed E-state index contributed by atoms with van der Waals surface area (Å²) < 4.78 is 38.6. The molecule has 7 nitrogen and oxygen atoms in total. The maximum atomic E-state index is 13.3. The lowest BCUT2D eigenvalue weighted by atomic mass is 9.99. The highest BCUT2D eigenvalue weighted by Crippen LogP contribution is 2.43. The van der Waals surface area contributed by atoms with Crippen LogP contribution in [0.5, 0.6) is 11.5 Å². The highest BCUT2D eigenvalue weighted by molar-refractivity contribution is 7.93. The fourth-order valence-corrected chi connectivity index (χ4v) is 5.44. The number of carbonyl (C=O) groups excluding carboxylic acids is 1. The van der Waals surface area contributed by atoms with Gasteiger partial charge in [-0.1, -0.05) is 31.2 Å². The molecule has 0 spiro atoms. The van der Waals surface area contributed by atoms with Gasteiger partial charge in [-0.25, -0.2) is 8.42 Å². The molecule has 1 aliphatic heterocycles. The van der Waals surface area contributed by atoms with Gasteiger partial charge in [-0.2, -0.15) is 0 Å². The molecule has 8 heteroatoms. The first kappa shape index (κ1) is 22.7. The van der Waals surface area contributed by atoms with E-state index in [1.165, 1.54) is 4.31 Å². The summed E-state index contributed by atoms with van der Waals surface area (Å²) in [6.45, 7) is 2.24. The lowest BCUT2D eigenvalue weighted by molar-refractivity contribution is -0.119. The number of rotatable bonds is 8. The molecule has 0 saturated carbocycles. The van der Waals surface area contributed by atoms with Gasteiger partial charge in [0, 0.05) is 11.1 Å². The Bertz CT molecular complexity index is 1260. The molecule has 4 rings (SSSR count). The van der Waals surface area contributed by atoms with E-state index < -0.39 is 15.9 Å². The number of benzene rings is 3. The Morgan fingerprint density at radius 3 is 2.42 bits per heavy atom. The molecule has 1 heterocycles. The Morgan fingerprint density at radius 2 is 1.70 bits per heavy atom. The van der Waals surface area contributed by atoms with E-state index in [0.717, 1.165) is 23.3 Å². The van der Waals surface area contributed by atoms with Gasteiger partial charge in [0.15, 0.2) is 0 Å². The zero-order chi connectivity index (χ0) is 23.4. The van der Waals surface area contributed by atoms with Crippen molar-refractivity contribution in [1.82, 2.24) is 5.32 Å². The topological polar surface area (TPSA) is 84.9 Å². The molecule has 0 aromatic heterocycles. The minimum absolute atomic E-state index is 0.210. The number of fused-ring (bicyclic) bond motifs is 3. The molecule has 0 saturated heterocycles. The molecule has 1 N–H and O–H groups in total. The van der Waals surface area contributed by atoms with E-state index in [-0.39, 0.29) is 24.6 Å².